The fourth-order valence-corrected chi connectivity index (χ4v) is 4.18. The van der Waals surface area contributed by atoms with Gasteiger partial charge in [-0.2, -0.15) is 0 Å². The fraction of sp³-hybridized carbons (Fsp3) is 0.765. The van der Waals surface area contributed by atoms with Gasteiger partial charge in [0.05, 0.1) is 0 Å². The van der Waals surface area contributed by atoms with Crippen molar-refractivity contribution >= 4 is 12.3 Å². The van der Waals surface area contributed by atoms with Crippen molar-refractivity contribution in [2.75, 3.05) is 0 Å². The molecule has 0 aromatic carbocycles. The number of allylic oxidation sites excluding steroid dienone is 2. The Kier molecular flexibility index (Phi) is 4.66. The summed E-state index contributed by atoms with van der Waals surface area (Å²) in [6.07, 6.45) is 10.6. The molecule has 1 N–H and O–H groups in total. The molecule has 3 saturated carbocycles. The molecular formula is C17H26O3. The van der Waals surface area contributed by atoms with Crippen LogP contribution in [0.15, 0.2) is 12.2 Å². The lowest BCUT2D eigenvalue weighted by Gasteiger charge is -2.61. The molecule has 112 valence electrons. The van der Waals surface area contributed by atoms with Crippen molar-refractivity contribution < 1.29 is 14.7 Å². The third-order valence-electron chi connectivity index (χ3n) is 5.67. The Balaban J connectivity index is 1.78. The first kappa shape index (κ1) is 15.3. The number of aliphatic carboxylic acids is 1. The van der Waals surface area contributed by atoms with Crippen LogP contribution in [0, 0.1) is 29.1 Å². The van der Waals surface area contributed by atoms with Crippen LogP contribution in [0.3, 0.4) is 0 Å². The van der Waals surface area contributed by atoms with Gasteiger partial charge in [-0.1, -0.05) is 26.0 Å². The lowest BCUT2D eigenvalue weighted by molar-refractivity contribution is -0.148. The molecule has 20 heavy (non-hydrogen) atoms. The predicted octanol–water partition coefficient (Wildman–Crippen LogP) is 3.68. The Labute approximate surface area is 121 Å². The van der Waals surface area contributed by atoms with Crippen molar-refractivity contribution in [1.29, 1.82) is 0 Å². The van der Waals surface area contributed by atoms with Crippen LogP contribution in [0.5, 0.6) is 0 Å². The first-order valence-electron chi connectivity index (χ1n) is 7.79. The van der Waals surface area contributed by atoms with Crippen molar-refractivity contribution in [2.45, 2.75) is 52.4 Å². The Morgan fingerprint density at radius 2 is 2.05 bits per heavy atom. The number of carbonyl (C=O) groups is 2. The number of hydrogen-bond acceptors (Lipinski definition) is 2. The van der Waals surface area contributed by atoms with Crippen LogP contribution < -0.4 is 0 Å². The topological polar surface area (TPSA) is 54.4 Å². The summed E-state index contributed by atoms with van der Waals surface area (Å²) in [5, 5.41) is 8.56. The maximum Gasteiger partial charge on any atom is 0.303 e. The van der Waals surface area contributed by atoms with Gasteiger partial charge in [-0.15, -0.1) is 0 Å². The minimum Gasteiger partial charge on any atom is -0.481 e. The van der Waals surface area contributed by atoms with E-state index in [2.05, 4.69) is 26.0 Å². The number of unbranched alkanes of at least 4 members (excludes halogenated alkanes) is 1. The first-order chi connectivity index (χ1) is 9.46. The van der Waals surface area contributed by atoms with Crippen LogP contribution in [0.4, 0.5) is 0 Å². The quantitative estimate of drug-likeness (QED) is 0.439. The summed E-state index contributed by atoms with van der Waals surface area (Å²) in [6, 6.07) is 0. The van der Waals surface area contributed by atoms with Crippen LogP contribution >= 0.6 is 0 Å². The molecule has 3 heteroatoms. The van der Waals surface area contributed by atoms with E-state index in [4.69, 9.17) is 5.11 Å². The Morgan fingerprint density at radius 1 is 1.30 bits per heavy atom. The molecule has 3 aliphatic rings. The summed E-state index contributed by atoms with van der Waals surface area (Å²) < 4.78 is 0. The molecule has 0 saturated heterocycles. The van der Waals surface area contributed by atoms with E-state index in [9.17, 15) is 9.59 Å². The van der Waals surface area contributed by atoms with E-state index in [-0.39, 0.29) is 12.3 Å². The van der Waals surface area contributed by atoms with Gasteiger partial charge >= 0.3 is 5.97 Å². The van der Waals surface area contributed by atoms with Crippen molar-refractivity contribution in [3.05, 3.63) is 12.2 Å². The van der Waals surface area contributed by atoms with Crippen LogP contribution in [0.1, 0.15) is 52.4 Å². The van der Waals surface area contributed by atoms with Crippen molar-refractivity contribution in [3.8, 4) is 0 Å². The maximum atomic E-state index is 11.4. The summed E-state index contributed by atoms with van der Waals surface area (Å²) in [4.78, 5) is 21.8. The number of aldehydes is 1. The lowest BCUT2D eigenvalue weighted by Crippen LogP contribution is -2.56. The Morgan fingerprint density at radius 3 is 2.65 bits per heavy atom. The monoisotopic (exact) mass is 278 g/mol. The maximum absolute atomic E-state index is 11.4. The standard InChI is InChI=1S/C17H26O3/c1-17(2)13-9-12(14(11-18)15(17)10-13)7-5-3-4-6-8-16(19)20/h3,5,11-15H,4,6-10H2,1-2H3,(H,19,20)/b5-3-/t12-,13?,14?,15?/m1/s1. The van der Waals surface area contributed by atoms with Crippen molar-refractivity contribution in [2.24, 2.45) is 29.1 Å². The second kappa shape index (κ2) is 6.11. The van der Waals surface area contributed by atoms with Gasteiger partial charge in [0.25, 0.3) is 0 Å². The largest absolute Gasteiger partial charge is 0.481 e. The highest BCUT2D eigenvalue weighted by molar-refractivity contribution is 5.66. The van der Waals surface area contributed by atoms with E-state index in [1.807, 2.05) is 0 Å². The number of rotatable bonds is 7. The second-order valence-corrected chi connectivity index (χ2v) is 7.06. The molecule has 3 rings (SSSR count). The van der Waals surface area contributed by atoms with Gasteiger partial charge in [0.2, 0.25) is 0 Å². The average Bonchev–Trinajstić information content (AvgIpc) is 2.41. The van der Waals surface area contributed by atoms with Crippen LogP contribution in [-0.2, 0) is 9.59 Å². The predicted molar refractivity (Wildman–Crippen MR) is 78.3 cm³/mol. The lowest BCUT2D eigenvalue weighted by atomic mass is 9.43. The highest BCUT2D eigenvalue weighted by Gasteiger charge is 2.57. The van der Waals surface area contributed by atoms with Crippen LogP contribution in [0.2, 0.25) is 0 Å². The van der Waals surface area contributed by atoms with Crippen molar-refractivity contribution in [1.82, 2.24) is 0 Å². The van der Waals surface area contributed by atoms with Gasteiger partial charge < -0.3 is 9.90 Å². The molecule has 0 aromatic rings. The molecule has 0 aromatic heterocycles. The smallest absolute Gasteiger partial charge is 0.303 e. The highest BCUT2D eigenvalue weighted by Crippen LogP contribution is 2.63. The van der Waals surface area contributed by atoms with Gasteiger partial charge in [0, 0.05) is 12.3 Å². The number of hydrogen-bond donors (Lipinski definition) is 1. The molecule has 3 aliphatic carbocycles. The summed E-state index contributed by atoms with van der Waals surface area (Å²) in [7, 11) is 0. The zero-order valence-corrected chi connectivity index (χ0v) is 12.5. The van der Waals surface area contributed by atoms with Gasteiger partial charge in [0.1, 0.15) is 6.29 Å². The minimum absolute atomic E-state index is 0.221. The van der Waals surface area contributed by atoms with Crippen molar-refractivity contribution in [3.63, 3.8) is 0 Å². The van der Waals surface area contributed by atoms with E-state index in [1.165, 1.54) is 19.1 Å². The summed E-state index contributed by atoms with van der Waals surface area (Å²) in [5.74, 6) is 1.35. The molecule has 3 unspecified atom stereocenters. The SMILES string of the molecule is CC1(C)C2CC1C(C=O)[C@H](C/C=C\CCCC(=O)O)C2. The summed E-state index contributed by atoms with van der Waals surface area (Å²) in [5.41, 5.74) is 0.354. The minimum atomic E-state index is -0.728. The summed E-state index contributed by atoms with van der Waals surface area (Å²) in [6.45, 7) is 4.61. The molecule has 3 fully saturated rings. The Bertz CT molecular complexity index is 397. The van der Waals surface area contributed by atoms with E-state index >= 15 is 0 Å². The van der Waals surface area contributed by atoms with Gasteiger partial charge in [-0.05, 0) is 55.3 Å². The zero-order valence-electron chi connectivity index (χ0n) is 12.5. The second-order valence-electron chi connectivity index (χ2n) is 7.06. The number of carboxylic acids is 1. The molecule has 2 bridgehead atoms. The van der Waals surface area contributed by atoms with Gasteiger partial charge in [-0.25, -0.2) is 0 Å². The van der Waals surface area contributed by atoms with Crippen LogP contribution in [-0.4, -0.2) is 17.4 Å². The molecular weight excluding hydrogens is 252 g/mol. The fourth-order valence-electron chi connectivity index (χ4n) is 4.18. The third kappa shape index (κ3) is 2.97. The molecule has 4 atom stereocenters. The molecule has 0 amide bonds. The van der Waals surface area contributed by atoms with E-state index < -0.39 is 5.97 Å². The third-order valence-corrected chi connectivity index (χ3v) is 5.67. The first-order valence-corrected chi connectivity index (χ1v) is 7.79. The zero-order chi connectivity index (χ0) is 14.8. The molecule has 0 spiro atoms. The van der Waals surface area contributed by atoms with E-state index in [0.29, 0.717) is 23.7 Å². The average molecular weight is 278 g/mol. The number of fused-ring (bicyclic) bond motifs is 2. The van der Waals surface area contributed by atoms with E-state index in [1.54, 1.807) is 0 Å². The molecule has 3 nitrogen and oxygen atoms in total. The van der Waals surface area contributed by atoms with Crippen LogP contribution in [0.25, 0.3) is 0 Å². The normalized spacial score (nSPS) is 34.7. The Hall–Kier alpha value is -1.12. The number of carboxylic acid groups (broad SMARTS) is 1. The van der Waals surface area contributed by atoms with E-state index in [0.717, 1.165) is 18.8 Å². The van der Waals surface area contributed by atoms with Gasteiger partial charge in [-0.3, -0.25) is 4.79 Å². The highest BCUT2D eigenvalue weighted by atomic mass is 16.4. The summed E-state index contributed by atoms with van der Waals surface area (Å²) >= 11 is 0. The number of carbonyl (C=O) groups excluding carboxylic acids is 1. The molecule has 0 heterocycles. The molecule has 0 aliphatic heterocycles. The van der Waals surface area contributed by atoms with Gasteiger partial charge in [0.15, 0.2) is 0 Å². The molecule has 0 radical (unpaired) electrons.